The van der Waals surface area contributed by atoms with Crippen LogP contribution >= 0.6 is 0 Å². The summed E-state index contributed by atoms with van der Waals surface area (Å²) < 4.78 is 0. The molecule has 2 heterocycles. The first-order valence-corrected chi connectivity index (χ1v) is 11.3. The van der Waals surface area contributed by atoms with E-state index in [0.717, 1.165) is 33.2 Å². The molecule has 0 amide bonds. The summed E-state index contributed by atoms with van der Waals surface area (Å²) in [7, 11) is 0. The van der Waals surface area contributed by atoms with Gasteiger partial charge in [0.2, 0.25) is 0 Å². The molecule has 0 radical (unpaired) electrons. The van der Waals surface area contributed by atoms with Crippen LogP contribution in [0.2, 0.25) is 0 Å². The Labute approximate surface area is 202 Å². The van der Waals surface area contributed by atoms with Crippen LogP contribution in [0.25, 0.3) is 56.2 Å². The molecule has 1 N–H and O–H groups in total. The van der Waals surface area contributed by atoms with Crippen LogP contribution in [-0.4, -0.2) is 25.0 Å². The van der Waals surface area contributed by atoms with Gasteiger partial charge in [-0.15, -0.1) is 0 Å². The molecular weight excluding hydrogens is 432 g/mol. The standard InChI is InChI=1S/C30H20N4O/c35-26-17-16-24(25-15-8-18-31-27(25)26)22-13-7-14-23(19-22)30-33-28(20-9-3-1-4-10-20)32-29(34-30)21-11-5-2-6-12-21/h1-19,35H. The summed E-state index contributed by atoms with van der Waals surface area (Å²) in [6, 6.07) is 35.4. The van der Waals surface area contributed by atoms with Gasteiger partial charge in [0.15, 0.2) is 17.5 Å². The number of pyridine rings is 1. The number of hydrogen-bond acceptors (Lipinski definition) is 5. The third-order valence-corrected chi connectivity index (χ3v) is 5.88. The SMILES string of the molecule is Oc1ccc(-c2cccc(-c3nc(-c4ccccc4)nc(-c4ccccc4)n3)c2)c2cccnc12. The van der Waals surface area contributed by atoms with Crippen LogP contribution < -0.4 is 0 Å². The molecular formula is C30H20N4O. The second kappa shape index (κ2) is 8.80. The van der Waals surface area contributed by atoms with E-state index < -0.39 is 0 Å². The van der Waals surface area contributed by atoms with Gasteiger partial charge in [-0.1, -0.05) is 84.9 Å². The van der Waals surface area contributed by atoms with E-state index in [2.05, 4.69) is 11.1 Å². The number of aromatic hydroxyl groups is 1. The van der Waals surface area contributed by atoms with E-state index >= 15 is 0 Å². The molecule has 0 aliphatic heterocycles. The molecule has 0 bridgehead atoms. The van der Waals surface area contributed by atoms with Gasteiger partial charge in [-0.3, -0.25) is 4.98 Å². The minimum Gasteiger partial charge on any atom is -0.506 e. The summed E-state index contributed by atoms with van der Waals surface area (Å²) in [6.45, 7) is 0. The number of hydrogen-bond donors (Lipinski definition) is 1. The number of aromatic nitrogens is 4. The van der Waals surface area contributed by atoms with Crippen molar-refractivity contribution in [2.24, 2.45) is 0 Å². The van der Waals surface area contributed by atoms with Crippen molar-refractivity contribution in [2.45, 2.75) is 0 Å². The highest BCUT2D eigenvalue weighted by Crippen LogP contribution is 2.34. The predicted molar refractivity (Wildman–Crippen MR) is 139 cm³/mol. The quantitative estimate of drug-likeness (QED) is 0.319. The summed E-state index contributed by atoms with van der Waals surface area (Å²) in [6.07, 6.45) is 1.68. The number of phenols is 1. The number of benzene rings is 4. The van der Waals surface area contributed by atoms with Crippen LogP contribution in [-0.2, 0) is 0 Å². The van der Waals surface area contributed by atoms with E-state index in [9.17, 15) is 5.11 Å². The number of phenolic OH excluding ortho intramolecular Hbond substituents is 1. The fourth-order valence-corrected chi connectivity index (χ4v) is 4.17. The summed E-state index contributed by atoms with van der Waals surface area (Å²) in [5.41, 5.74) is 5.29. The molecule has 4 aromatic carbocycles. The van der Waals surface area contributed by atoms with Crippen molar-refractivity contribution in [1.82, 2.24) is 19.9 Å². The van der Waals surface area contributed by atoms with Crippen LogP contribution in [0.4, 0.5) is 0 Å². The molecule has 0 saturated carbocycles. The van der Waals surface area contributed by atoms with Gasteiger partial charge in [0.25, 0.3) is 0 Å². The van der Waals surface area contributed by atoms with Gasteiger partial charge >= 0.3 is 0 Å². The number of nitrogens with zero attached hydrogens (tertiary/aromatic N) is 4. The molecule has 0 aliphatic carbocycles. The van der Waals surface area contributed by atoms with Crippen LogP contribution in [0.3, 0.4) is 0 Å². The Kier molecular flexibility index (Phi) is 5.20. The fourth-order valence-electron chi connectivity index (χ4n) is 4.17. The zero-order chi connectivity index (χ0) is 23.6. The Morgan fingerprint density at radius 1 is 0.486 bits per heavy atom. The highest BCUT2D eigenvalue weighted by atomic mass is 16.3. The molecule has 35 heavy (non-hydrogen) atoms. The highest BCUT2D eigenvalue weighted by Gasteiger charge is 2.14. The zero-order valence-corrected chi connectivity index (χ0v) is 18.7. The van der Waals surface area contributed by atoms with Gasteiger partial charge in [-0.25, -0.2) is 15.0 Å². The van der Waals surface area contributed by atoms with E-state index in [0.29, 0.717) is 23.0 Å². The molecule has 0 saturated heterocycles. The normalized spacial score (nSPS) is 11.0. The Morgan fingerprint density at radius 2 is 1.06 bits per heavy atom. The zero-order valence-electron chi connectivity index (χ0n) is 18.7. The summed E-state index contributed by atoms with van der Waals surface area (Å²) in [4.78, 5) is 18.8. The maximum Gasteiger partial charge on any atom is 0.164 e. The lowest BCUT2D eigenvalue weighted by atomic mass is 9.98. The minimum absolute atomic E-state index is 0.165. The van der Waals surface area contributed by atoms with E-state index in [1.807, 2.05) is 97.1 Å². The Balaban J connectivity index is 1.52. The minimum atomic E-state index is 0.165. The van der Waals surface area contributed by atoms with Gasteiger partial charge < -0.3 is 5.11 Å². The lowest BCUT2D eigenvalue weighted by Gasteiger charge is -2.11. The molecule has 0 atom stereocenters. The average molecular weight is 453 g/mol. The van der Waals surface area contributed by atoms with Gasteiger partial charge in [-0.2, -0.15) is 0 Å². The molecule has 6 rings (SSSR count). The van der Waals surface area contributed by atoms with Crippen molar-refractivity contribution in [3.05, 3.63) is 115 Å². The molecule has 5 nitrogen and oxygen atoms in total. The van der Waals surface area contributed by atoms with E-state index in [-0.39, 0.29) is 5.75 Å². The van der Waals surface area contributed by atoms with Crippen LogP contribution in [0.15, 0.2) is 115 Å². The van der Waals surface area contributed by atoms with E-state index in [1.165, 1.54) is 0 Å². The van der Waals surface area contributed by atoms with Crippen molar-refractivity contribution < 1.29 is 5.11 Å². The molecule has 5 heteroatoms. The molecule has 6 aromatic rings. The van der Waals surface area contributed by atoms with Crippen LogP contribution in [0, 0.1) is 0 Å². The lowest BCUT2D eigenvalue weighted by Crippen LogP contribution is -2.00. The molecule has 0 unspecified atom stereocenters. The molecule has 0 spiro atoms. The monoisotopic (exact) mass is 452 g/mol. The van der Waals surface area contributed by atoms with Gasteiger partial charge in [0, 0.05) is 28.3 Å². The topological polar surface area (TPSA) is 71.8 Å². The van der Waals surface area contributed by atoms with Crippen molar-refractivity contribution in [3.8, 4) is 51.0 Å². The number of fused-ring (bicyclic) bond motifs is 1. The average Bonchev–Trinajstić information content (AvgIpc) is 2.94. The maximum atomic E-state index is 10.3. The second-order valence-corrected chi connectivity index (χ2v) is 8.15. The Bertz CT molecular complexity index is 1590. The smallest absolute Gasteiger partial charge is 0.164 e. The summed E-state index contributed by atoms with van der Waals surface area (Å²) in [5.74, 6) is 2.01. The predicted octanol–water partition coefficient (Wildman–Crippen LogP) is 6.79. The first-order chi connectivity index (χ1) is 17.3. The molecule has 0 aliphatic rings. The molecule has 0 fully saturated rings. The third-order valence-electron chi connectivity index (χ3n) is 5.88. The Hall–Kier alpha value is -4.90. The summed E-state index contributed by atoms with van der Waals surface area (Å²) >= 11 is 0. The third kappa shape index (κ3) is 4.00. The van der Waals surface area contributed by atoms with Crippen LogP contribution in [0.5, 0.6) is 5.75 Å². The second-order valence-electron chi connectivity index (χ2n) is 8.15. The maximum absolute atomic E-state index is 10.3. The largest absolute Gasteiger partial charge is 0.506 e. The van der Waals surface area contributed by atoms with Crippen molar-refractivity contribution in [3.63, 3.8) is 0 Å². The first kappa shape index (κ1) is 20.7. The number of rotatable bonds is 4. The molecule has 2 aromatic heterocycles. The van der Waals surface area contributed by atoms with E-state index in [4.69, 9.17) is 15.0 Å². The van der Waals surface area contributed by atoms with Crippen LogP contribution in [0.1, 0.15) is 0 Å². The molecule has 166 valence electrons. The Morgan fingerprint density at radius 3 is 1.71 bits per heavy atom. The highest BCUT2D eigenvalue weighted by molar-refractivity contribution is 5.98. The first-order valence-electron chi connectivity index (χ1n) is 11.3. The van der Waals surface area contributed by atoms with Crippen molar-refractivity contribution in [1.29, 1.82) is 0 Å². The lowest BCUT2D eigenvalue weighted by molar-refractivity contribution is 0.480. The van der Waals surface area contributed by atoms with Gasteiger partial charge in [-0.05, 0) is 35.4 Å². The van der Waals surface area contributed by atoms with Crippen molar-refractivity contribution in [2.75, 3.05) is 0 Å². The van der Waals surface area contributed by atoms with E-state index in [1.54, 1.807) is 12.3 Å². The summed E-state index contributed by atoms with van der Waals surface area (Å²) in [5, 5.41) is 11.1. The van der Waals surface area contributed by atoms with Gasteiger partial charge in [0.05, 0.1) is 0 Å². The van der Waals surface area contributed by atoms with Crippen molar-refractivity contribution >= 4 is 10.9 Å². The van der Waals surface area contributed by atoms with Gasteiger partial charge in [0.1, 0.15) is 11.3 Å². The fraction of sp³-hybridized carbons (Fsp3) is 0.